The normalized spacial score (nSPS) is 14.4. The molecule has 3 unspecified atom stereocenters. The average molecular weight is 1100 g/mol. The summed E-state index contributed by atoms with van der Waals surface area (Å²) in [6.07, 6.45) is 84.0. The fourth-order valence-electron chi connectivity index (χ4n) is 9.06. The average Bonchev–Trinajstić information content (AvgIpc) is 3.39. The predicted octanol–water partition coefficient (Wildman–Crippen LogP) is 20.2. The summed E-state index contributed by atoms with van der Waals surface area (Å²) in [6, 6.07) is -0.880. The Morgan fingerprint density at radius 1 is 0.455 bits per heavy atom. The van der Waals surface area contributed by atoms with Crippen molar-refractivity contribution >= 4 is 13.7 Å². The molecule has 77 heavy (non-hydrogen) atoms. The number of likely N-dealkylation sites (N-methyl/N-ethyl adjacent to an activating group) is 1. The third-order valence-electron chi connectivity index (χ3n) is 14.0. The molecule has 446 valence electrons. The summed E-state index contributed by atoms with van der Waals surface area (Å²) in [5, 5.41) is 13.9. The fraction of sp³-hybridized carbons (Fsp3) is 0.750. The number of hydrogen-bond acceptors (Lipinski definition) is 5. The van der Waals surface area contributed by atoms with E-state index in [1.54, 1.807) is 6.08 Å². The number of quaternary nitrogens is 1. The van der Waals surface area contributed by atoms with Crippen LogP contribution in [-0.2, 0) is 18.4 Å². The van der Waals surface area contributed by atoms with Gasteiger partial charge in [-0.25, -0.2) is 4.57 Å². The Hall–Kier alpha value is -2.58. The second-order valence-corrected chi connectivity index (χ2v) is 24.2. The van der Waals surface area contributed by atoms with E-state index in [2.05, 4.69) is 104 Å². The number of phosphoric acid groups is 1. The van der Waals surface area contributed by atoms with Crippen molar-refractivity contribution in [2.75, 3.05) is 40.9 Å². The number of amides is 1. The van der Waals surface area contributed by atoms with Gasteiger partial charge in [-0.15, -0.1) is 0 Å². The zero-order chi connectivity index (χ0) is 56.3. The Morgan fingerprint density at radius 3 is 1.19 bits per heavy atom. The van der Waals surface area contributed by atoms with Gasteiger partial charge in [0.15, 0.2) is 0 Å². The van der Waals surface area contributed by atoms with Crippen molar-refractivity contribution in [3.05, 3.63) is 97.2 Å². The molecule has 3 atom stereocenters. The summed E-state index contributed by atoms with van der Waals surface area (Å²) in [5.41, 5.74) is 0. The van der Waals surface area contributed by atoms with Crippen LogP contribution in [0.5, 0.6) is 0 Å². The number of nitrogens with zero attached hydrogens (tertiary/aromatic N) is 1. The first-order valence-electron chi connectivity index (χ1n) is 32.1. The Morgan fingerprint density at radius 2 is 0.792 bits per heavy atom. The lowest BCUT2D eigenvalue weighted by Gasteiger charge is -2.25. The van der Waals surface area contributed by atoms with Gasteiger partial charge in [0.25, 0.3) is 0 Å². The molecule has 0 rings (SSSR count). The number of aliphatic hydroxyl groups excluding tert-OH is 1. The van der Waals surface area contributed by atoms with E-state index in [-0.39, 0.29) is 19.1 Å². The van der Waals surface area contributed by atoms with Crippen molar-refractivity contribution in [2.24, 2.45) is 0 Å². The highest BCUT2D eigenvalue weighted by Crippen LogP contribution is 2.43. The molecule has 0 aliphatic rings. The molecule has 0 aromatic rings. The van der Waals surface area contributed by atoms with Gasteiger partial charge in [0.1, 0.15) is 13.2 Å². The summed E-state index contributed by atoms with van der Waals surface area (Å²) in [6.45, 7) is 4.69. The molecular weight excluding hydrogens is 972 g/mol. The molecule has 9 heteroatoms. The Kier molecular flexibility index (Phi) is 56.1. The molecule has 0 aliphatic carbocycles. The van der Waals surface area contributed by atoms with Gasteiger partial charge in [-0.05, 0) is 83.5 Å². The first-order chi connectivity index (χ1) is 37.5. The number of carbonyl (C=O) groups is 1. The van der Waals surface area contributed by atoms with E-state index < -0.39 is 20.0 Å². The lowest BCUT2D eigenvalue weighted by molar-refractivity contribution is -0.870. The molecule has 0 saturated carbocycles. The van der Waals surface area contributed by atoms with Crippen LogP contribution in [0.15, 0.2) is 97.2 Å². The van der Waals surface area contributed by atoms with Crippen LogP contribution >= 0.6 is 7.82 Å². The van der Waals surface area contributed by atoms with E-state index in [0.29, 0.717) is 17.4 Å². The summed E-state index contributed by atoms with van der Waals surface area (Å²) < 4.78 is 23.7. The van der Waals surface area contributed by atoms with E-state index in [4.69, 9.17) is 9.05 Å². The fourth-order valence-corrected chi connectivity index (χ4v) is 9.80. The number of unbranched alkanes of at least 4 members (excludes halogenated alkanes) is 31. The molecular formula is C68H124N2O6P+. The number of rotatable bonds is 58. The highest BCUT2D eigenvalue weighted by Gasteiger charge is 2.27. The molecule has 0 bridgehead atoms. The van der Waals surface area contributed by atoms with Crippen molar-refractivity contribution in [1.82, 2.24) is 5.32 Å². The van der Waals surface area contributed by atoms with Gasteiger partial charge in [0, 0.05) is 6.42 Å². The molecule has 0 aromatic carbocycles. The number of allylic oxidation sites excluding steroid dienone is 15. The maximum absolute atomic E-state index is 13.0. The quantitative estimate of drug-likeness (QED) is 0.0243. The van der Waals surface area contributed by atoms with Crippen LogP contribution in [0.1, 0.15) is 277 Å². The molecule has 0 heterocycles. The molecule has 0 aromatic heterocycles. The summed E-state index contributed by atoms with van der Waals surface area (Å²) in [5.74, 6) is -0.203. The number of hydrogen-bond donors (Lipinski definition) is 3. The predicted molar refractivity (Wildman–Crippen MR) is 336 cm³/mol. The maximum atomic E-state index is 13.0. The zero-order valence-corrected chi connectivity index (χ0v) is 51.8. The van der Waals surface area contributed by atoms with Crippen molar-refractivity contribution in [3.63, 3.8) is 0 Å². The second kappa shape index (κ2) is 58.1. The minimum atomic E-state index is -4.37. The smallest absolute Gasteiger partial charge is 0.387 e. The molecule has 3 N–H and O–H groups in total. The minimum Gasteiger partial charge on any atom is -0.387 e. The van der Waals surface area contributed by atoms with Crippen molar-refractivity contribution in [1.29, 1.82) is 0 Å². The van der Waals surface area contributed by atoms with Crippen molar-refractivity contribution < 1.29 is 32.9 Å². The van der Waals surface area contributed by atoms with Crippen LogP contribution in [0.4, 0.5) is 0 Å². The van der Waals surface area contributed by atoms with E-state index in [0.717, 1.165) is 89.9 Å². The van der Waals surface area contributed by atoms with Gasteiger partial charge >= 0.3 is 7.82 Å². The SMILES string of the molecule is CC/C=C\C/C=C\C/C=C\C/C=C\C/C=C\C/C=C\CCCCCCCCC(=O)NC(COP(=O)(O)OCC[N+](C)(C)C)C(O)/C=C/CC/C=C/CCCCCCCCCCCCCCCCCCCCCCCCCC. The number of nitrogens with one attached hydrogen (secondary N) is 1. The van der Waals surface area contributed by atoms with Crippen LogP contribution in [0, 0.1) is 0 Å². The van der Waals surface area contributed by atoms with E-state index in [1.807, 2.05) is 27.2 Å². The van der Waals surface area contributed by atoms with Crippen molar-refractivity contribution in [3.8, 4) is 0 Å². The Labute approximate surface area is 477 Å². The monoisotopic (exact) mass is 1100 g/mol. The third-order valence-corrected chi connectivity index (χ3v) is 15.0. The molecule has 0 saturated heterocycles. The number of phosphoric ester groups is 1. The van der Waals surface area contributed by atoms with Crippen LogP contribution in [0.25, 0.3) is 0 Å². The van der Waals surface area contributed by atoms with Gasteiger partial charge < -0.3 is 19.8 Å². The molecule has 0 aliphatic heterocycles. The van der Waals surface area contributed by atoms with E-state index in [9.17, 15) is 19.4 Å². The van der Waals surface area contributed by atoms with Gasteiger partial charge in [-0.1, -0.05) is 284 Å². The number of carbonyl (C=O) groups excluding carboxylic acids is 1. The summed E-state index contributed by atoms with van der Waals surface area (Å²) in [7, 11) is 1.54. The lowest BCUT2D eigenvalue weighted by atomic mass is 10.0. The van der Waals surface area contributed by atoms with Gasteiger partial charge in [-0.2, -0.15) is 0 Å². The van der Waals surface area contributed by atoms with E-state index >= 15 is 0 Å². The minimum absolute atomic E-state index is 0.0481. The molecule has 0 fully saturated rings. The molecule has 1 amide bonds. The zero-order valence-electron chi connectivity index (χ0n) is 50.9. The first-order valence-corrected chi connectivity index (χ1v) is 33.6. The summed E-state index contributed by atoms with van der Waals surface area (Å²) >= 11 is 0. The second-order valence-electron chi connectivity index (χ2n) is 22.7. The van der Waals surface area contributed by atoms with Crippen LogP contribution in [0.2, 0.25) is 0 Å². The Bertz CT molecular complexity index is 1570. The van der Waals surface area contributed by atoms with Gasteiger partial charge in [-0.3, -0.25) is 13.8 Å². The van der Waals surface area contributed by atoms with Crippen molar-refractivity contribution in [2.45, 2.75) is 289 Å². The third kappa shape index (κ3) is 60.9. The van der Waals surface area contributed by atoms with Gasteiger partial charge in [0.2, 0.25) is 5.91 Å². The van der Waals surface area contributed by atoms with E-state index in [1.165, 1.54) is 167 Å². The van der Waals surface area contributed by atoms with Crippen LogP contribution in [0.3, 0.4) is 0 Å². The summed E-state index contributed by atoms with van der Waals surface area (Å²) in [4.78, 5) is 23.4. The standard InChI is InChI=1S/C68H123N2O6P/c1-6-8-10-12-14-16-18-20-22-24-26-28-30-32-33-34-35-36-38-39-41-43-45-47-49-51-53-55-57-59-61-67(71)66(65-76-77(73,74)75-64-63-70(3,4)5)69-68(72)62-60-58-56-54-52-50-48-46-44-42-40-37-31-29-27-25-23-21-19-17-15-13-11-9-7-2/h9,11,15,17,21,23,27,29,37,40,44,46,51,53,59,61,66-67,71H,6-8,10,12-14,16,18-20,22,24-26,28,30-36,38-39,41-43,45,47-50,52,54-58,60,62-65H2,1-5H3,(H-,69,72,73,74)/p+1/b11-9-,17-15-,23-21-,29-27-,40-37-,46-44-,53-51+,61-59+. The maximum Gasteiger partial charge on any atom is 0.472 e. The van der Waals surface area contributed by atoms with Gasteiger partial charge in [0.05, 0.1) is 39.9 Å². The van der Waals surface area contributed by atoms with Crippen LogP contribution in [-0.4, -0.2) is 73.4 Å². The highest BCUT2D eigenvalue weighted by atomic mass is 31.2. The Balaban J connectivity index is 4.22. The molecule has 0 spiro atoms. The first kappa shape index (κ1) is 74.4. The largest absolute Gasteiger partial charge is 0.472 e. The topological polar surface area (TPSA) is 105 Å². The van der Waals surface area contributed by atoms with Crippen LogP contribution < -0.4 is 5.32 Å². The number of aliphatic hydroxyl groups is 1. The molecule has 0 radical (unpaired) electrons. The lowest BCUT2D eigenvalue weighted by Crippen LogP contribution is -2.45. The molecule has 8 nitrogen and oxygen atoms in total. The highest BCUT2D eigenvalue weighted by molar-refractivity contribution is 7.47.